The van der Waals surface area contributed by atoms with Crippen molar-refractivity contribution < 1.29 is 13.2 Å². The molecule has 0 aliphatic rings. The van der Waals surface area contributed by atoms with E-state index in [9.17, 15) is 23.7 Å². The van der Waals surface area contributed by atoms with Gasteiger partial charge in [-0.2, -0.15) is 23.7 Å². The fourth-order valence-corrected chi connectivity index (χ4v) is 8.75. The lowest BCUT2D eigenvalue weighted by molar-refractivity contribution is -0.137. The average molecular weight is 834 g/mol. The van der Waals surface area contributed by atoms with Crippen LogP contribution in [0.25, 0.3) is 100 Å². The third kappa shape index (κ3) is 6.32. The number of nitrogens with zero attached hydrogens (tertiary/aromatic N) is 7. The second kappa shape index (κ2) is 14.9. The quantitative estimate of drug-likeness (QED) is 0.166. The van der Waals surface area contributed by atoms with Gasteiger partial charge in [-0.25, -0.2) is 15.0 Å². The van der Waals surface area contributed by atoms with Crippen LogP contribution < -0.4 is 0 Å². The molecule has 0 amide bonds. The maximum absolute atomic E-state index is 14.8. The summed E-state index contributed by atoms with van der Waals surface area (Å²) in [6, 6.07) is 59.6. The molecule has 64 heavy (non-hydrogen) atoms. The van der Waals surface area contributed by atoms with Crippen LogP contribution in [0.15, 0.2) is 182 Å². The highest BCUT2D eigenvalue weighted by molar-refractivity contribution is 6.12. The standard InChI is InChI=1S/C54H30F3N7/c55-54(56,57)38-22-24-42(50(30-38)64-46-18-10-8-16-40(46)44-28-34(32-59)20-26-48(44)64)41-23-21-37(29-49(41)63-45-17-9-7-15-39(45)43-27-33(31-58)19-25-47(43)63)53-61-51(35-11-3-1-4-12-35)60-52(62-53)36-13-5-2-6-14-36/h1-30H. The second-order valence-electron chi connectivity index (χ2n) is 15.4. The molecule has 0 saturated heterocycles. The molecule has 0 aliphatic heterocycles. The summed E-state index contributed by atoms with van der Waals surface area (Å²) >= 11 is 0. The van der Waals surface area contributed by atoms with Gasteiger partial charge in [0.15, 0.2) is 17.5 Å². The Bertz CT molecular complexity index is 3690. The van der Waals surface area contributed by atoms with Crippen LogP contribution >= 0.6 is 0 Å². The van der Waals surface area contributed by atoms with Crippen LogP contribution in [-0.4, -0.2) is 24.1 Å². The lowest BCUT2D eigenvalue weighted by Crippen LogP contribution is -2.08. The van der Waals surface area contributed by atoms with Crippen molar-refractivity contribution in [2.24, 2.45) is 0 Å². The minimum absolute atomic E-state index is 0.296. The van der Waals surface area contributed by atoms with Crippen LogP contribution in [0, 0.1) is 22.7 Å². The fraction of sp³-hybridized carbons (Fsp3) is 0.0185. The second-order valence-corrected chi connectivity index (χ2v) is 15.4. The van der Waals surface area contributed by atoms with E-state index in [4.69, 9.17) is 15.0 Å². The molecule has 8 aromatic carbocycles. The van der Waals surface area contributed by atoms with Crippen molar-refractivity contribution in [3.8, 4) is 68.8 Å². The van der Waals surface area contributed by atoms with E-state index in [1.807, 2.05) is 144 Å². The van der Waals surface area contributed by atoms with E-state index in [1.54, 1.807) is 24.3 Å². The summed E-state index contributed by atoms with van der Waals surface area (Å²) in [5.41, 5.74) is 7.40. The molecule has 11 aromatic rings. The van der Waals surface area contributed by atoms with Crippen LogP contribution in [0.3, 0.4) is 0 Å². The summed E-state index contributed by atoms with van der Waals surface area (Å²) < 4.78 is 48.5. The van der Waals surface area contributed by atoms with Gasteiger partial charge >= 0.3 is 6.18 Å². The molecule has 0 radical (unpaired) electrons. The molecule has 11 rings (SSSR count). The molecule has 10 heteroatoms. The summed E-state index contributed by atoms with van der Waals surface area (Å²) in [5.74, 6) is 1.36. The van der Waals surface area contributed by atoms with E-state index in [2.05, 4.69) is 16.7 Å². The average Bonchev–Trinajstić information content (AvgIpc) is 3.85. The van der Waals surface area contributed by atoms with E-state index < -0.39 is 11.7 Å². The highest BCUT2D eigenvalue weighted by Crippen LogP contribution is 2.44. The van der Waals surface area contributed by atoms with Gasteiger partial charge in [0.2, 0.25) is 0 Å². The minimum atomic E-state index is -4.65. The minimum Gasteiger partial charge on any atom is -0.309 e. The van der Waals surface area contributed by atoms with Crippen molar-refractivity contribution in [1.29, 1.82) is 10.5 Å². The molecule has 0 spiro atoms. The SMILES string of the molecule is N#Cc1ccc2c(c1)c1ccccc1n2-c1cc(-c2nc(-c3ccccc3)nc(-c3ccccc3)n2)ccc1-c1ccc(C(F)(F)F)cc1-n1c2ccccc2c2cc(C#N)ccc21. The number of rotatable bonds is 6. The molecule has 0 atom stereocenters. The number of halogens is 3. The van der Waals surface area contributed by atoms with Crippen molar-refractivity contribution in [2.75, 3.05) is 0 Å². The van der Waals surface area contributed by atoms with Gasteiger partial charge in [-0.1, -0.05) is 115 Å². The first-order valence-electron chi connectivity index (χ1n) is 20.4. The van der Waals surface area contributed by atoms with Crippen LogP contribution in [0.1, 0.15) is 16.7 Å². The Morgan fingerprint density at radius 3 is 1.30 bits per heavy atom. The number of benzene rings is 8. The predicted octanol–water partition coefficient (Wildman–Crippen LogP) is 13.5. The molecule has 0 N–H and O–H groups in total. The van der Waals surface area contributed by atoms with Gasteiger partial charge in [-0.15, -0.1) is 0 Å². The smallest absolute Gasteiger partial charge is 0.309 e. The summed E-state index contributed by atoms with van der Waals surface area (Å²) in [5, 5.41) is 23.1. The van der Waals surface area contributed by atoms with Gasteiger partial charge in [0, 0.05) is 49.4 Å². The Hall–Kier alpha value is -8.86. The monoisotopic (exact) mass is 833 g/mol. The van der Waals surface area contributed by atoms with Gasteiger partial charge in [0.25, 0.3) is 0 Å². The predicted molar refractivity (Wildman–Crippen MR) is 245 cm³/mol. The first-order chi connectivity index (χ1) is 31.3. The van der Waals surface area contributed by atoms with Crippen LogP contribution in [-0.2, 0) is 6.18 Å². The molecule has 0 saturated carbocycles. The number of fused-ring (bicyclic) bond motifs is 6. The molecule has 3 heterocycles. The number of para-hydroxylation sites is 2. The number of nitriles is 2. The lowest BCUT2D eigenvalue weighted by Gasteiger charge is -2.21. The zero-order chi connectivity index (χ0) is 43.5. The zero-order valence-corrected chi connectivity index (χ0v) is 33.6. The van der Waals surface area contributed by atoms with Gasteiger partial charge in [0.1, 0.15) is 0 Å². The van der Waals surface area contributed by atoms with Gasteiger partial charge < -0.3 is 9.13 Å². The van der Waals surface area contributed by atoms with E-state index in [1.165, 1.54) is 12.1 Å². The van der Waals surface area contributed by atoms with Crippen molar-refractivity contribution in [2.45, 2.75) is 6.18 Å². The van der Waals surface area contributed by atoms with E-state index >= 15 is 0 Å². The molecule has 0 fully saturated rings. The highest BCUT2D eigenvalue weighted by atomic mass is 19.4. The van der Waals surface area contributed by atoms with Gasteiger partial charge in [-0.05, 0) is 66.7 Å². The largest absolute Gasteiger partial charge is 0.416 e. The Labute approximate surface area is 363 Å². The maximum atomic E-state index is 14.8. The van der Waals surface area contributed by atoms with Crippen LogP contribution in [0.2, 0.25) is 0 Å². The maximum Gasteiger partial charge on any atom is 0.416 e. The fourth-order valence-electron chi connectivity index (χ4n) is 8.75. The topological polar surface area (TPSA) is 96.1 Å². The first kappa shape index (κ1) is 38.1. The zero-order valence-electron chi connectivity index (χ0n) is 33.6. The Morgan fingerprint density at radius 1 is 0.391 bits per heavy atom. The summed E-state index contributed by atoms with van der Waals surface area (Å²) in [7, 11) is 0. The number of aromatic nitrogens is 5. The third-order valence-corrected chi connectivity index (χ3v) is 11.7. The lowest BCUT2D eigenvalue weighted by atomic mass is 9.97. The normalized spacial score (nSPS) is 11.6. The van der Waals surface area contributed by atoms with Crippen molar-refractivity contribution in [1.82, 2.24) is 24.1 Å². The summed E-state index contributed by atoms with van der Waals surface area (Å²) in [4.78, 5) is 15.0. The van der Waals surface area contributed by atoms with Gasteiger partial charge in [0.05, 0.1) is 62.3 Å². The number of hydrogen-bond acceptors (Lipinski definition) is 5. The molecular weight excluding hydrogens is 804 g/mol. The first-order valence-corrected chi connectivity index (χ1v) is 20.4. The molecular formula is C54H30F3N7. The summed E-state index contributed by atoms with van der Waals surface area (Å²) in [6.07, 6.45) is -4.65. The van der Waals surface area contributed by atoms with E-state index in [-0.39, 0.29) is 0 Å². The number of alkyl halides is 3. The van der Waals surface area contributed by atoms with E-state index in [0.29, 0.717) is 67.7 Å². The van der Waals surface area contributed by atoms with Crippen molar-refractivity contribution in [3.63, 3.8) is 0 Å². The van der Waals surface area contributed by atoms with E-state index in [0.717, 1.165) is 49.8 Å². The molecule has 7 nitrogen and oxygen atoms in total. The molecule has 0 aliphatic carbocycles. The molecule has 3 aromatic heterocycles. The summed E-state index contributed by atoms with van der Waals surface area (Å²) in [6.45, 7) is 0. The number of hydrogen-bond donors (Lipinski definition) is 0. The Balaban J connectivity index is 1.25. The van der Waals surface area contributed by atoms with Gasteiger partial charge in [-0.3, -0.25) is 0 Å². The Kier molecular flexibility index (Phi) is 8.89. The van der Waals surface area contributed by atoms with Crippen LogP contribution in [0.4, 0.5) is 13.2 Å². The molecule has 302 valence electrons. The van der Waals surface area contributed by atoms with Crippen molar-refractivity contribution >= 4 is 43.6 Å². The third-order valence-electron chi connectivity index (χ3n) is 11.7. The van der Waals surface area contributed by atoms with Crippen molar-refractivity contribution in [3.05, 3.63) is 199 Å². The van der Waals surface area contributed by atoms with Crippen LogP contribution in [0.5, 0.6) is 0 Å². The molecule has 0 bridgehead atoms. The molecule has 0 unspecified atom stereocenters. The highest BCUT2D eigenvalue weighted by Gasteiger charge is 2.32. The Morgan fingerprint density at radius 2 is 0.812 bits per heavy atom.